The lowest BCUT2D eigenvalue weighted by molar-refractivity contribution is 0.373. The van der Waals surface area contributed by atoms with E-state index < -0.39 is 0 Å². The second kappa shape index (κ2) is 3.33. The van der Waals surface area contributed by atoms with Gasteiger partial charge < -0.3 is 4.90 Å². The highest BCUT2D eigenvalue weighted by Crippen LogP contribution is 2.23. The average Bonchev–Trinajstić information content (AvgIpc) is 2.15. The number of hydrogen-bond acceptors (Lipinski definition) is 3. The minimum Gasteiger partial charge on any atom is -0.314 e. The number of hydrogen-bond donors (Lipinski definition) is 0. The summed E-state index contributed by atoms with van der Waals surface area (Å²) in [6.45, 7) is 8.50. The number of aliphatic imine (C=N–C) groups is 2. The zero-order valence-corrected chi connectivity index (χ0v) is 9.73. The lowest BCUT2D eigenvalue weighted by Gasteiger charge is -2.31. The van der Waals surface area contributed by atoms with E-state index in [2.05, 4.69) is 36.8 Å². The van der Waals surface area contributed by atoms with Crippen molar-refractivity contribution >= 4 is 11.4 Å². The third-order valence-electron chi connectivity index (χ3n) is 2.50. The first-order valence-electron chi connectivity index (χ1n) is 5.23. The summed E-state index contributed by atoms with van der Waals surface area (Å²) in [6, 6.07) is 0. The molecule has 3 nitrogen and oxygen atoms in total. The molecule has 0 fully saturated rings. The lowest BCUT2D eigenvalue weighted by atomic mass is 9.89. The Morgan fingerprint density at radius 1 is 1.13 bits per heavy atom. The maximum absolute atomic E-state index is 4.64. The first-order valence-corrected chi connectivity index (χ1v) is 5.23. The minimum absolute atomic E-state index is 0.0887. The fraction of sp³-hybridized carbons (Fsp3) is 0.500. The molecule has 1 atom stereocenters. The third-order valence-corrected chi connectivity index (χ3v) is 2.50. The second-order valence-electron chi connectivity index (χ2n) is 4.96. The zero-order valence-electron chi connectivity index (χ0n) is 9.73. The van der Waals surface area contributed by atoms with Crippen LogP contribution in [0.5, 0.6) is 0 Å². The Kier molecular flexibility index (Phi) is 2.25. The molecule has 0 saturated carbocycles. The van der Waals surface area contributed by atoms with Gasteiger partial charge in [-0.25, -0.2) is 9.98 Å². The molecular formula is C12H17N3. The van der Waals surface area contributed by atoms with E-state index in [1.54, 1.807) is 0 Å². The van der Waals surface area contributed by atoms with Gasteiger partial charge in [-0.3, -0.25) is 0 Å². The Labute approximate surface area is 90.9 Å². The van der Waals surface area contributed by atoms with Crippen LogP contribution in [0, 0.1) is 5.41 Å². The molecule has 2 heterocycles. The lowest BCUT2D eigenvalue weighted by Crippen LogP contribution is -2.33. The summed E-state index contributed by atoms with van der Waals surface area (Å²) in [6.07, 6.45) is 8.04. The number of rotatable bonds is 0. The molecule has 0 spiro atoms. The van der Waals surface area contributed by atoms with Crippen molar-refractivity contribution in [2.75, 3.05) is 0 Å². The van der Waals surface area contributed by atoms with Crippen molar-refractivity contribution in [3.63, 3.8) is 0 Å². The van der Waals surface area contributed by atoms with Crippen molar-refractivity contribution in [2.45, 2.75) is 34.0 Å². The van der Waals surface area contributed by atoms with Crippen LogP contribution in [0.2, 0.25) is 0 Å². The summed E-state index contributed by atoms with van der Waals surface area (Å²) in [7, 11) is 0. The normalized spacial score (nSPS) is 24.8. The Hall–Kier alpha value is -1.38. The van der Waals surface area contributed by atoms with Gasteiger partial charge >= 0.3 is 0 Å². The smallest absolute Gasteiger partial charge is 0.220 e. The number of nitrogens with zero attached hydrogens (tertiary/aromatic N) is 3. The predicted octanol–water partition coefficient (Wildman–Crippen LogP) is 2.57. The summed E-state index contributed by atoms with van der Waals surface area (Å²) in [5.74, 6) is 0. The molecule has 2 aliphatic rings. The summed E-state index contributed by atoms with van der Waals surface area (Å²) >= 11 is 0. The predicted molar refractivity (Wildman–Crippen MR) is 63.9 cm³/mol. The highest BCUT2D eigenvalue weighted by Gasteiger charge is 2.24. The summed E-state index contributed by atoms with van der Waals surface area (Å²) < 4.78 is 0. The van der Waals surface area contributed by atoms with Crippen LogP contribution in [0.3, 0.4) is 0 Å². The van der Waals surface area contributed by atoms with E-state index in [1.807, 2.05) is 30.3 Å². The van der Waals surface area contributed by atoms with E-state index in [0.717, 1.165) is 11.4 Å². The monoisotopic (exact) mass is 203 g/mol. The first kappa shape index (κ1) is 10.1. The van der Waals surface area contributed by atoms with Gasteiger partial charge in [0.25, 0.3) is 0 Å². The van der Waals surface area contributed by atoms with Gasteiger partial charge in [0, 0.05) is 29.2 Å². The maximum atomic E-state index is 4.64. The van der Waals surface area contributed by atoms with Crippen molar-refractivity contribution in [1.29, 1.82) is 0 Å². The van der Waals surface area contributed by atoms with Crippen LogP contribution < -0.4 is 0 Å². The molecule has 2 aliphatic heterocycles. The maximum Gasteiger partial charge on any atom is 0.220 e. The molecule has 0 bridgehead atoms. The van der Waals surface area contributed by atoms with Crippen molar-refractivity contribution < 1.29 is 0 Å². The van der Waals surface area contributed by atoms with Crippen molar-refractivity contribution in [1.82, 2.24) is 4.90 Å². The highest BCUT2D eigenvalue weighted by molar-refractivity contribution is 6.00. The van der Waals surface area contributed by atoms with Gasteiger partial charge in [0.2, 0.25) is 6.29 Å². The Morgan fingerprint density at radius 3 is 2.47 bits per heavy atom. The molecule has 15 heavy (non-hydrogen) atoms. The van der Waals surface area contributed by atoms with Crippen LogP contribution in [0.1, 0.15) is 27.7 Å². The number of allylic oxidation sites excluding steroid dienone is 2. The van der Waals surface area contributed by atoms with Gasteiger partial charge in [-0.15, -0.1) is 0 Å². The molecule has 0 amide bonds. The van der Waals surface area contributed by atoms with E-state index in [-0.39, 0.29) is 11.7 Å². The highest BCUT2D eigenvalue weighted by atomic mass is 15.3. The molecule has 80 valence electrons. The van der Waals surface area contributed by atoms with Gasteiger partial charge in [-0.05, 0) is 19.1 Å². The molecule has 0 aromatic rings. The van der Waals surface area contributed by atoms with Crippen molar-refractivity contribution in [3.8, 4) is 0 Å². The van der Waals surface area contributed by atoms with Gasteiger partial charge in [0.1, 0.15) is 0 Å². The Morgan fingerprint density at radius 2 is 1.80 bits per heavy atom. The average molecular weight is 203 g/mol. The van der Waals surface area contributed by atoms with Crippen LogP contribution in [-0.4, -0.2) is 22.6 Å². The van der Waals surface area contributed by atoms with Crippen LogP contribution in [0.15, 0.2) is 34.5 Å². The number of fused-ring (bicyclic) bond motifs is 1. The Balaban J connectivity index is 2.29. The fourth-order valence-electron chi connectivity index (χ4n) is 1.55. The van der Waals surface area contributed by atoms with E-state index in [9.17, 15) is 0 Å². The van der Waals surface area contributed by atoms with Gasteiger partial charge in [-0.1, -0.05) is 20.8 Å². The summed E-state index contributed by atoms with van der Waals surface area (Å²) in [5.41, 5.74) is 2.23. The molecule has 0 aliphatic carbocycles. The van der Waals surface area contributed by atoms with Crippen LogP contribution in [0.25, 0.3) is 0 Å². The van der Waals surface area contributed by atoms with E-state index in [0.29, 0.717) is 0 Å². The molecule has 1 unspecified atom stereocenters. The molecule has 0 aromatic carbocycles. The molecule has 2 rings (SSSR count). The van der Waals surface area contributed by atoms with Gasteiger partial charge in [0.15, 0.2) is 0 Å². The van der Waals surface area contributed by atoms with E-state index >= 15 is 0 Å². The largest absolute Gasteiger partial charge is 0.314 e. The SMILES string of the molecule is CC1=NC2N=C(C(C)(C)C)C=CN2C=C1. The van der Waals surface area contributed by atoms with Crippen molar-refractivity contribution in [3.05, 3.63) is 24.6 Å². The van der Waals surface area contributed by atoms with Crippen LogP contribution in [0.4, 0.5) is 0 Å². The Bertz CT molecular complexity index is 380. The molecule has 3 heteroatoms. The molecule has 0 saturated heterocycles. The second-order valence-corrected chi connectivity index (χ2v) is 4.96. The van der Waals surface area contributed by atoms with Crippen molar-refractivity contribution in [2.24, 2.45) is 15.4 Å². The van der Waals surface area contributed by atoms with E-state index in [1.165, 1.54) is 0 Å². The molecule has 0 aromatic heterocycles. The standard InChI is InChI=1S/C12H17N3/c1-9-5-7-15-8-6-10(12(2,3)4)14-11(15)13-9/h5-8,11H,1-4H3. The van der Waals surface area contributed by atoms with Gasteiger partial charge in [-0.2, -0.15) is 0 Å². The quantitative estimate of drug-likeness (QED) is 0.594. The molecular weight excluding hydrogens is 186 g/mol. The van der Waals surface area contributed by atoms with E-state index in [4.69, 9.17) is 0 Å². The third kappa shape index (κ3) is 2.01. The molecule has 0 radical (unpaired) electrons. The fourth-order valence-corrected chi connectivity index (χ4v) is 1.55. The topological polar surface area (TPSA) is 28.0 Å². The van der Waals surface area contributed by atoms with Crippen LogP contribution in [-0.2, 0) is 0 Å². The first-order chi connectivity index (χ1) is 6.97. The summed E-state index contributed by atoms with van der Waals surface area (Å²) in [4.78, 5) is 11.1. The van der Waals surface area contributed by atoms with Crippen LogP contribution >= 0.6 is 0 Å². The van der Waals surface area contributed by atoms with Gasteiger partial charge in [0.05, 0.1) is 0 Å². The minimum atomic E-state index is -0.0887. The molecule has 0 N–H and O–H groups in total. The zero-order chi connectivity index (χ0) is 11.1. The summed E-state index contributed by atoms with van der Waals surface area (Å²) in [5, 5.41) is 0.